The summed E-state index contributed by atoms with van der Waals surface area (Å²) < 4.78 is 10.5. The van der Waals surface area contributed by atoms with Gasteiger partial charge in [-0.15, -0.1) is 0 Å². The summed E-state index contributed by atoms with van der Waals surface area (Å²) in [6, 6.07) is 0.413. The molecule has 0 rings (SSSR count). The Bertz CT molecular complexity index is 145. The third-order valence-electron chi connectivity index (χ3n) is 2.40. The minimum atomic E-state index is 0.413. The number of ether oxygens (including phenoxy) is 2. The predicted octanol–water partition coefficient (Wildman–Crippen LogP) is 0.969. The van der Waals surface area contributed by atoms with Gasteiger partial charge in [-0.2, -0.15) is 0 Å². The molecule has 0 saturated heterocycles. The molecule has 0 bridgehead atoms. The zero-order chi connectivity index (χ0) is 12.2. The van der Waals surface area contributed by atoms with E-state index in [1.54, 1.807) is 7.11 Å². The van der Waals surface area contributed by atoms with Gasteiger partial charge < -0.3 is 19.7 Å². The first kappa shape index (κ1) is 15.8. The molecule has 98 valence electrons. The molecule has 0 radical (unpaired) electrons. The predicted molar refractivity (Wildman–Crippen MR) is 67.9 cm³/mol. The fourth-order valence-corrected chi connectivity index (χ4v) is 1.56. The SMILES string of the molecule is CCCNC(COC)CN(C)CCOCC. The smallest absolute Gasteiger partial charge is 0.0628 e. The maximum absolute atomic E-state index is 5.33. The summed E-state index contributed by atoms with van der Waals surface area (Å²) in [5.41, 5.74) is 0. The molecule has 0 aromatic carbocycles. The van der Waals surface area contributed by atoms with Gasteiger partial charge in [0.1, 0.15) is 0 Å². The molecular weight excluding hydrogens is 204 g/mol. The molecule has 1 unspecified atom stereocenters. The van der Waals surface area contributed by atoms with Crippen molar-refractivity contribution < 1.29 is 9.47 Å². The van der Waals surface area contributed by atoms with Crippen molar-refractivity contribution in [3.63, 3.8) is 0 Å². The lowest BCUT2D eigenvalue weighted by Gasteiger charge is -2.24. The first-order valence-corrected chi connectivity index (χ1v) is 6.23. The van der Waals surface area contributed by atoms with E-state index in [2.05, 4.69) is 24.2 Å². The largest absolute Gasteiger partial charge is 0.383 e. The van der Waals surface area contributed by atoms with Crippen LogP contribution in [0.4, 0.5) is 0 Å². The fourth-order valence-electron chi connectivity index (χ4n) is 1.56. The molecule has 0 heterocycles. The molecule has 0 aromatic heterocycles. The Labute approximate surface area is 100 Å². The van der Waals surface area contributed by atoms with Gasteiger partial charge in [-0.3, -0.25) is 0 Å². The maximum Gasteiger partial charge on any atom is 0.0628 e. The van der Waals surface area contributed by atoms with Gasteiger partial charge in [0.05, 0.1) is 13.2 Å². The van der Waals surface area contributed by atoms with E-state index in [1.165, 1.54) is 0 Å². The molecule has 0 spiro atoms. The summed E-state index contributed by atoms with van der Waals surface area (Å²) in [5, 5.41) is 3.48. The number of hydrogen-bond donors (Lipinski definition) is 1. The summed E-state index contributed by atoms with van der Waals surface area (Å²) in [7, 11) is 3.87. The summed E-state index contributed by atoms with van der Waals surface area (Å²) in [6.07, 6.45) is 1.16. The summed E-state index contributed by atoms with van der Waals surface area (Å²) in [4.78, 5) is 2.28. The van der Waals surface area contributed by atoms with Crippen LogP contribution in [0.2, 0.25) is 0 Å². The Morgan fingerprint density at radius 2 is 2.06 bits per heavy atom. The van der Waals surface area contributed by atoms with Crippen molar-refractivity contribution in [3.05, 3.63) is 0 Å². The van der Waals surface area contributed by atoms with Crippen molar-refractivity contribution in [2.24, 2.45) is 0 Å². The summed E-state index contributed by atoms with van der Waals surface area (Å²) >= 11 is 0. The Kier molecular flexibility index (Phi) is 11.2. The van der Waals surface area contributed by atoms with Gasteiger partial charge in [0, 0.05) is 32.8 Å². The monoisotopic (exact) mass is 232 g/mol. The second-order valence-corrected chi connectivity index (χ2v) is 4.07. The van der Waals surface area contributed by atoms with Crippen LogP contribution in [0, 0.1) is 0 Å². The van der Waals surface area contributed by atoms with Crippen LogP contribution in [0.3, 0.4) is 0 Å². The zero-order valence-electron chi connectivity index (χ0n) is 11.3. The highest BCUT2D eigenvalue weighted by molar-refractivity contribution is 4.69. The fraction of sp³-hybridized carbons (Fsp3) is 1.00. The average molecular weight is 232 g/mol. The van der Waals surface area contributed by atoms with Crippen molar-refractivity contribution in [3.8, 4) is 0 Å². The molecule has 0 amide bonds. The van der Waals surface area contributed by atoms with Crippen LogP contribution in [0.25, 0.3) is 0 Å². The van der Waals surface area contributed by atoms with Crippen molar-refractivity contribution in [2.75, 3.05) is 53.6 Å². The van der Waals surface area contributed by atoms with E-state index in [1.807, 2.05) is 6.92 Å². The highest BCUT2D eigenvalue weighted by Gasteiger charge is 2.10. The van der Waals surface area contributed by atoms with E-state index in [0.29, 0.717) is 6.04 Å². The van der Waals surface area contributed by atoms with Crippen molar-refractivity contribution in [1.82, 2.24) is 10.2 Å². The second kappa shape index (κ2) is 11.3. The normalized spacial score (nSPS) is 13.3. The third kappa shape index (κ3) is 9.09. The second-order valence-electron chi connectivity index (χ2n) is 4.07. The number of likely N-dealkylation sites (N-methyl/N-ethyl adjacent to an activating group) is 1. The van der Waals surface area contributed by atoms with Gasteiger partial charge in [-0.1, -0.05) is 6.92 Å². The van der Waals surface area contributed by atoms with Gasteiger partial charge in [0.25, 0.3) is 0 Å². The standard InChI is InChI=1S/C12H28N2O2/c1-5-7-13-12(11-15-4)10-14(3)8-9-16-6-2/h12-13H,5-11H2,1-4H3. The Morgan fingerprint density at radius 3 is 2.62 bits per heavy atom. The molecule has 0 aliphatic carbocycles. The summed E-state index contributed by atoms with van der Waals surface area (Å²) in [6.45, 7) is 9.59. The molecule has 1 atom stereocenters. The number of rotatable bonds is 11. The molecule has 4 nitrogen and oxygen atoms in total. The van der Waals surface area contributed by atoms with Crippen molar-refractivity contribution >= 4 is 0 Å². The van der Waals surface area contributed by atoms with Crippen LogP contribution >= 0.6 is 0 Å². The topological polar surface area (TPSA) is 33.7 Å². The zero-order valence-corrected chi connectivity index (χ0v) is 11.3. The molecule has 1 N–H and O–H groups in total. The van der Waals surface area contributed by atoms with E-state index in [4.69, 9.17) is 9.47 Å². The van der Waals surface area contributed by atoms with E-state index in [0.717, 1.165) is 45.9 Å². The van der Waals surface area contributed by atoms with Crippen LogP contribution in [-0.2, 0) is 9.47 Å². The molecule has 4 heteroatoms. The Hall–Kier alpha value is -0.160. The molecular formula is C12H28N2O2. The van der Waals surface area contributed by atoms with Crippen LogP contribution in [0.15, 0.2) is 0 Å². The van der Waals surface area contributed by atoms with Crippen molar-refractivity contribution in [2.45, 2.75) is 26.3 Å². The molecule has 0 aliphatic heterocycles. The lowest BCUT2D eigenvalue weighted by atomic mass is 10.2. The highest BCUT2D eigenvalue weighted by atomic mass is 16.5. The van der Waals surface area contributed by atoms with E-state index in [9.17, 15) is 0 Å². The number of hydrogen-bond acceptors (Lipinski definition) is 4. The molecule has 0 aromatic rings. The average Bonchev–Trinajstić information content (AvgIpc) is 2.26. The Morgan fingerprint density at radius 1 is 1.31 bits per heavy atom. The van der Waals surface area contributed by atoms with E-state index < -0.39 is 0 Å². The van der Waals surface area contributed by atoms with Crippen LogP contribution in [0.1, 0.15) is 20.3 Å². The van der Waals surface area contributed by atoms with Gasteiger partial charge >= 0.3 is 0 Å². The van der Waals surface area contributed by atoms with E-state index >= 15 is 0 Å². The van der Waals surface area contributed by atoms with E-state index in [-0.39, 0.29) is 0 Å². The molecule has 0 saturated carbocycles. The van der Waals surface area contributed by atoms with Crippen molar-refractivity contribution in [1.29, 1.82) is 0 Å². The minimum absolute atomic E-state index is 0.413. The van der Waals surface area contributed by atoms with Gasteiger partial charge in [0.15, 0.2) is 0 Å². The van der Waals surface area contributed by atoms with Crippen LogP contribution in [-0.4, -0.2) is 64.6 Å². The van der Waals surface area contributed by atoms with Gasteiger partial charge in [0.2, 0.25) is 0 Å². The van der Waals surface area contributed by atoms with Gasteiger partial charge in [-0.05, 0) is 26.9 Å². The number of nitrogens with one attached hydrogen (secondary N) is 1. The quantitative estimate of drug-likeness (QED) is 0.538. The first-order valence-electron chi connectivity index (χ1n) is 6.23. The summed E-state index contributed by atoms with van der Waals surface area (Å²) in [5.74, 6) is 0. The van der Waals surface area contributed by atoms with Gasteiger partial charge in [-0.25, -0.2) is 0 Å². The molecule has 0 fully saturated rings. The third-order valence-corrected chi connectivity index (χ3v) is 2.40. The maximum atomic E-state index is 5.33. The molecule has 16 heavy (non-hydrogen) atoms. The number of nitrogens with zero attached hydrogens (tertiary/aromatic N) is 1. The van der Waals surface area contributed by atoms with Crippen LogP contribution < -0.4 is 5.32 Å². The highest BCUT2D eigenvalue weighted by Crippen LogP contribution is 1.92. The minimum Gasteiger partial charge on any atom is -0.383 e. The lowest BCUT2D eigenvalue weighted by Crippen LogP contribution is -2.43. The first-order chi connectivity index (χ1) is 7.74. The van der Waals surface area contributed by atoms with Crippen LogP contribution in [0.5, 0.6) is 0 Å². The lowest BCUT2D eigenvalue weighted by molar-refractivity contribution is 0.106. The molecule has 0 aliphatic rings. The number of methoxy groups -OCH3 is 1. The Balaban J connectivity index is 3.68.